The first-order valence-electron chi connectivity index (χ1n) is 15.7. The van der Waals surface area contributed by atoms with E-state index >= 15 is 0 Å². The van der Waals surface area contributed by atoms with Crippen LogP contribution in [0.15, 0.2) is 107 Å². The van der Waals surface area contributed by atoms with Gasteiger partial charge in [-0.2, -0.15) is 10.2 Å². The first kappa shape index (κ1) is 30.3. The molecule has 0 bridgehead atoms. The van der Waals surface area contributed by atoms with Gasteiger partial charge in [0.25, 0.3) is 0 Å². The summed E-state index contributed by atoms with van der Waals surface area (Å²) in [5.41, 5.74) is 24.8. The van der Waals surface area contributed by atoms with Crippen LogP contribution in [0.4, 0.5) is 0 Å². The monoisotopic (exact) mass is 682 g/mol. The molecular formula is C34H34N8O4S2. The van der Waals surface area contributed by atoms with Crippen LogP contribution in [0.1, 0.15) is 57.3 Å². The van der Waals surface area contributed by atoms with Crippen LogP contribution >= 0.6 is 0 Å². The van der Waals surface area contributed by atoms with Gasteiger partial charge in [-0.05, 0) is 58.4 Å². The number of fused-ring (bicyclic) bond motifs is 2. The van der Waals surface area contributed by atoms with Crippen molar-refractivity contribution in [2.45, 2.75) is 36.2 Å². The molecule has 0 radical (unpaired) electrons. The summed E-state index contributed by atoms with van der Waals surface area (Å²) in [6, 6.07) is 24.1. The Hall–Kier alpha value is -5.02. The summed E-state index contributed by atoms with van der Waals surface area (Å²) >= 11 is 0. The lowest BCUT2D eigenvalue weighted by Gasteiger charge is -2.39. The van der Waals surface area contributed by atoms with Crippen LogP contribution in [0, 0.1) is 24.9 Å². The van der Waals surface area contributed by atoms with Crippen molar-refractivity contribution in [1.82, 2.24) is 0 Å². The van der Waals surface area contributed by atoms with E-state index in [-0.39, 0.29) is 35.6 Å². The third-order valence-electron chi connectivity index (χ3n) is 9.63. The largest absolute Gasteiger partial charge is 0.397 e. The molecule has 14 heteroatoms. The number of sulfonamides is 2. The fourth-order valence-corrected chi connectivity index (χ4v) is 10.1. The van der Waals surface area contributed by atoms with Crippen molar-refractivity contribution in [3.8, 4) is 11.1 Å². The van der Waals surface area contributed by atoms with Crippen molar-refractivity contribution in [1.29, 1.82) is 11.0 Å². The second kappa shape index (κ2) is 11.3. The minimum absolute atomic E-state index is 0.124. The molecule has 4 aromatic rings. The van der Waals surface area contributed by atoms with Gasteiger partial charge in [-0.1, -0.05) is 84.9 Å². The summed E-state index contributed by atoms with van der Waals surface area (Å²) in [5.74, 6) is 0. The lowest BCUT2D eigenvalue weighted by atomic mass is 9.76. The zero-order chi connectivity index (χ0) is 36.2. The fraction of sp³-hybridized carbons (Fsp3) is 0.176. The summed E-state index contributed by atoms with van der Waals surface area (Å²) in [4.78, 5) is 0. The number of hydrogen-bond donors (Lipinski definition) is 6. The first-order valence-corrected chi connectivity index (χ1v) is 17.9. The first-order chi connectivity index (χ1) is 23.6. The van der Waals surface area contributed by atoms with Crippen LogP contribution in [0.5, 0.6) is 0 Å². The average Bonchev–Trinajstić information content (AvgIpc) is 3.07. The molecule has 246 valence electrons. The maximum atomic E-state index is 13.7. The maximum absolute atomic E-state index is 13.7. The molecule has 10 N–H and O–H groups in total. The molecule has 2 unspecified atom stereocenters. The fourth-order valence-electron chi connectivity index (χ4n) is 7.37. The molecule has 2 aliphatic carbocycles. The Balaban J connectivity index is 1.50. The van der Waals surface area contributed by atoms with Crippen LogP contribution < -0.4 is 21.7 Å². The van der Waals surface area contributed by atoms with Gasteiger partial charge in [-0.25, -0.2) is 38.2 Å². The Morgan fingerprint density at radius 1 is 0.625 bits per heavy atom. The highest BCUT2D eigenvalue weighted by Crippen LogP contribution is 2.51. The molecule has 0 spiro atoms. The van der Waals surface area contributed by atoms with E-state index < -0.39 is 29.5 Å². The Labute approximate surface area is 281 Å². The van der Waals surface area contributed by atoms with E-state index in [1.807, 2.05) is 12.1 Å². The Morgan fingerprint density at radius 3 is 1.33 bits per heavy atom. The quantitative estimate of drug-likeness (QED) is 0.144. The standard InChI is InChI=1S/C34H34N8O4S2/c1-19-15-21(11-13-25(19)33(47(39,43)44)17-29(41-37)31(35)23-7-3-5-9-27(23)33)22-12-14-26(20(2)16-22)34(48(40,45)46)18-30(42-38)32(36)24-8-4-6-10-28(24)34/h3-16,37-38H,17-18,35-36H2,1-2H3,(H2,39,43,44)(H2,40,45,46)/b41-37+,42-38+. The van der Waals surface area contributed by atoms with Crippen molar-refractivity contribution in [3.05, 3.63) is 141 Å². The number of benzene rings is 4. The van der Waals surface area contributed by atoms with E-state index in [2.05, 4.69) is 21.3 Å². The second-order valence-electron chi connectivity index (χ2n) is 12.2. The molecule has 4 aromatic carbocycles. The van der Waals surface area contributed by atoms with Crippen LogP contribution in [-0.2, 0) is 29.5 Å². The van der Waals surface area contributed by atoms with Crippen LogP contribution in [-0.4, -0.2) is 16.8 Å². The van der Waals surface area contributed by atoms with Crippen molar-refractivity contribution in [3.63, 3.8) is 0 Å². The predicted octanol–water partition coefficient (Wildman–Crippen LogP) is 5.16. The van der Waals surface area contributed by atoms with Crippen molar-refractivity contribution in [2.75, 3.05) is 0 Å². The number of primary sulfonamides is 2. The average molecular weight is 683 g/mol. The highest BCUT2D eigenvalue weighted by Gasteiger charge is 2.52. The number of allylic oxidation sites excluding steroid dienone is 2. The highest BCUT2D eigenvalue weighted by atomic mass is 32.2. The van der Waals surface area contributed by atoms with Crippen LogP contribution in [0.2, 0.25) is 2.82 Å². The molecule has 48 heavy (non-hydrogen) atoms. The van der Waals surface area contributed by atoms with E-state index in [0.717, 1.165) is 11.1 Å². The lowest BCUT2D eigenvalue weighted by molar-refractivity contribution is 0.543. The van der Waals surface area contributed by atoms with E-state index in [1.54, 1.807) is 86.6 Å². The minimum atomic E-state index is -4.37. The van der Waals surface area contributed by atoms with Crippen molar-refractivity contribution in [2.24, 2.45) is 32.0 Å². The Bertz CT molecular complexity index is 2260. The highest BCUT2D eigenvalue weighted by molar-refractivity contribution is 7.90. The number of nitrogens with one attached hydrogen (secondary N) is 2. The van der Waals surface area contributed by atoms with Gasteiger partial charge in [-0.3, -0.25) is 0 Å². The van der Waals surface area contributed by atoms with Crippen LogP contribution in [0.3, 0.4) is 0 Å². The molecule has 0 heterocycles. The normalized spacial score (nSPS) is 22.1. The molecule has 6 rings (SSSR count). The Morgan fingerprint density at radius 2 is 1.00 bits per heavy atom. The van der Waals surface area contributed by atoms with E-state index in [4.69, 9.17) is 24.6 Å². The molecule has 0 fully saturated rings. The molecule has 12 nitrogen and oxygen atoms in total. The molecule has 0 aromatic heterocycles. The third kappa shape index (κ3) is 4.63. The third-order valence-corrected chi connectivity index (χ3v) is 12.7. The number of nitrogens with two attached hydrogens (primary N) is 4. The van der Waals surface area contributed by atoms with Gasteiger partial charge in [0, 0.05) is 24.0 Å². The number of aryl methyl sites for hydroxylation is 2. The molecular weight excluding hydrogens is 649 g/mol. The van der Waals surface area contributed by atoms with E-state index in [1.165, 1.54) is 0 Å². The van der Waals surface area contributed by atoms with E-state index in [9.17, 15) is 16.8 Å². The Kier molecular flexibility index (Phi) is 7.14. The molecule has 0 aliphatic heterocycles. The summed E-state index contributed by atoms with van der Waals surface area (Å²) < 4.78 is 65.7. The van der Waals surface area contributed by atoms with Gasteiger partial charge in [0.1, 0.15) is 9.49 Å². The van der Waals surface area contributed by atoms with Gasteiger partial charge in [-0.15, -0.1) is 0 Å². The minimum Gasteiger partial charge on any atom is -0.397 e. The summed E-state index contributed by atoms with van der Waals surface area (Å²) in [6.45, 7) is 3.55. The number of hydrogen-bond acceptors (Lipinski definition) is 10. The number of rotatable bonds is 7. The SMILES string of the molecule is [H]/N=N/C1=C(N)c2ccccc2C(c2ccc(-c3ccc(C4(S(N)(=O)=O)CC(/N=N/[H])=C(N)c5ccccc54)c(C)c3)cc2C)(S(N)(=O)=O)C1. The second-order valence-corrected chi connectivity index (χ2v) is 15.7. The van der Waals surface area contributed by atoms with Gasteiger partial charge in [0.15, 0.2) is 0 Å². The van der Waals surface area contributed by atoms with Crippen molar-refractivity contribution >= 4 is 31.4 Å². The summed E-state index contributed by atoms with van der Waals surface area (Å²) in [5, 5.41) is 19.8. The summed E-state index contributed by atoms with van der Waals surface area (Å²) in [7, 11) is -8.74. The molecule has 0 saturated carbocycles. The molecule has 0 saturated heterocycles. The van der Waals surface area contributed by atoms with Gasteiger partial charge in [0.05, 0.1) is 22.8 Å². The molecule has 2 aliphatic rings. The van der Waals surface area contributed by atoms with Crippen LogP contribution in [0.25, 0.3) is 22.5 Å². The van der Waals surface area contributed by atoms with Crippen molar-refractivity contribution < 1.29 is 19.7 Å². The smallest absolute Gasteiger partial charge is 0.223 e. The molecule has 0 amide bonds. The lowest BCUT2D eigenvalue weighted by Crippen LogP contribution is -2.45. The van der Waals surface area contributed by atoms with E-state index in [0.29, 0.717) is 44.5 Å². The molecule has 2 atom stereocenters. The van der Waals surface area contributed by atoms with Gasteiger partial charge >= 0.3 is 0 Å². The maximum Gasteiger partial charge on any atom is 0.223 e. The topological polar surface area (TPSA) is 245 Å². The van der Waals surface area contributed by atoms with Gasteiger partial charge in [0.2, 0.25) is 22.9 Å². The zero-order valence-electron chi connectivity index (χ0n) is 28.0. The number of nitrogens with zero attached hydrogens (tertiary/aromatic N) is 2. The zero-order valence-corrected chi connectivity index (χ0v) is 27.7. The predicted molar refractivity (Wildman–Crippen MR) is 184 cm³/mol. The van der Waals surface area contributed by atoms with Gasteiger partial charge < -0.3 is 11.5 Å². The summed E-state index contributed by atoms with van der Waals surface area (Å²) in [6.07, 6.45) is -0.466.